The number of nitrogens with zero attached hydrogens (tertiary/aromatic N) is 2. The van der Waals surface area contributed by atoms with Crippen molar-refractivity contribution in [3.8, 4) is 0 Å². The fraction of sp³-hybridized carbons (Fsp3) is 0.235. The summed E-state index contributed by atoms with van der Waals surface area (Å²) in [4.78, 5) is 29.7. The molecule has 1 fully saturated rings. The molecule has 3 heterocycles. The number of hydrogen-bond donors (Lipinski definition) is 1. The second-order valence-electron chi connectivity index (χ2n) is 5.90. The first-order valence-electron chi connectivity index (χ1n) is 7.30. The van der Waals surface area contributed by atoms with E-state index in [9.17, 15) is 14.7 Å². The molecule has 0 bridgehead atoms. The molecule has 1 aliphatic heterocycles. The van der Waals surface area contributed by atoms with E-state index in [1.165, 1.54) is 4.57 Å². The standard InChI is InChI=1S/C17H14N2O3S/c1-10-12(5-4-11-3-2-8-23-11)18-14-6-7-17(16(21)22)9-13(17)19(14)15(10)20/h2-8,13H,9H2,1H3,(H,21,22)/b5-4+. The molecule has 0 aromatic carbocycles. The minimum atomic E-state index is -0.917. The van der Waals surface area contributed by atoms with Crippen LogP contribution in [-0.2, 0) is 4.79 Å². The van der Waals surface area contributed by atoms with Crippen molar-refractivity contribution in [1.82, 2.24) is 9.55 Å². The van der Waals surface area contributed by atoms with Gasteiger partial charge in [0.15, 0.2) is 0 Å². The molecule has 1 saturated carbocycles. The lowest BCUT2D eigenvalue weighted by Crippen LogP contribution is -2.31. The van der Waals surface area contributed by atoms with E-state index in [2.05, 4.69) is 4.98 Å². The number of aliphatic carboxylic acids is 1. The molecule has 5 nitrogen and oxygen atoms in total. The Kier molecular flexibility index (Phi) is 2.93. The molecule has 2 aromatic rings. The van der Waals surface area contributed by atoms with Gasteiger partial charge in [0.05, 0.1) is 11.7 Å². The van der Waals surface area contributed by atoms with Crippen LogP contribution in [0.1, 0.15) is 34.4 Å². The third-order valence-electron chi connectivity index (χ3n) is 4.56. The van der Waals surface area contributed by atoms with Crippen molar-refractivity contribution in [3.05, 3.63) is 55.9 Å². The fourth-order valence-corrected chi connectivity index (χ4v) is 3.69. The van der Waals surface area contributed by atoms with Gasteiger partial charge < -0.3 is 5.11 Å². The highest BCUT2D eigenvalue weighted by molar-refractivity contribution is 7.10. The molecule has 2 aromatic heterocycles. The number of rotatable bonds is 3. The molecule has 0 saturated heterocycles. The number of hydrogen-bond acceptors (Lipinski definition) is 4. The van der Waals surface area contributed by atoms with Crippen LogP contribution in [-0.4, -0.2) is 20.6 Å². The van der Waals surface area contributed by atoms with E-state index < -0.39 is 11.4 Å². The topological polar surface area (TPSA) is 72.2 Å². The molecule has 4 rings (SSSR count). The lowest BCUT2D eigenvalue weighted by Gasteiger charge is -2.18. The number of aromatic nitrogens is 2. The van der Waals surface area contributed by atoms with Gasteiger partial charge in [0.2, 0.25) is 0 Å². The minimum Gasteiger partial charge on any atom is -0.481 e. The van der Waals surface area contributed by atoms with Gasteiger partial charge in [-0.15, -0.1) is 11.3 Å². The first-order chi connectivity index (χ1) is 11.0. The Morgan fingerprint density at radius 2 is 2.35 bits per heavy atom. The minimum absolute atomic E-state index is 0.154. The highest BCUT2D eigenvalue weighted by atomic mass is 32.1. The molecule has 116 valence electrons. The van der Waals surface area contributed by atoms with Crippen LogP contribution in [0.4, 0.5) is 0 Å². The molecular weight excluding hydrogens is 312 g/mol. The third kappa shape index (κ3) is 2.02. The zero-order chi connectivity index (χ0) is 16.2. The average molecular weight is 326 g/mol. The van der Waals surface area contributed by atoms with Crippen molar-refractivity contribution in [2.75, 3.05) is 0 Å². The van der Waals surface area contributed by atoms with Crippen LogP contribution < -0.4 is 5.56 Å². The monoisotopic (exact) mass is 326 g/mol. The molecule has 1 N–H and O–H groups in total. The first kappa shape index (κ1) is 14.1. The Labute approximate surface area is 136 Å². The van der Waals surface area contributed by atoms with Gasteiger partial charge in [-0.25, -0.2) is 4.98 Å². The van der Waals surface area contributed by atoms with Gasteiger partial charge in [-0.05, 0) is 43.0 Å². The Morgan fingerprint density at radius 1 is 1.52 bits per heavy atom. The second-order valence-corrected chi connectivity index (χ2v) is 6.88. The highest BCUT2D eigenvalue weighted by Gasteiger charge is 2.62. The quantitative estimate of drug-likeness (QED) is 0.941. The maximum Gasteiger partial charge on any atom is 0.315 e. The van der Waals surface area contributed by atoms with Crippen LogP contribution in [0.15, 0.2) is 28.4 Å². The van der Waals surface area contributed by atoms with Crippen LogP contribution in [0, 0.1) is 12.3 Å². The maximum absolute atomic E-state index is 12.7. The summed E-state index contributed by atoms with van der Waals surface area (Å²) in [5, 5.41) is 11.4. The van der Waals surface area contributed by atoms with Crippen LogP contribution >= 0.6 is 11.3 Å². The molecule has 2 atom stereocenters. The first-order valence-corrected chi connectivity index (χ1v) is 8.18. The largest absolute Gasteiger partial charge is 0.481 e. The van der Waals surface area contributed by atoms with E-state index in [1.807, 2.05) is 29.7 Å². The van der Waals surface area contributed by atoms with E-state index in [-0.39, 0.29) is 11.6 Å². The van der Waals surface area contributed by atoms with Crippen molar-refractivity contribution in [2.45, 2.75) is 19.4 Å². The van der Waals surface area contributed by atoms with Crippen LogP contribution in [0.5, 0.6) is 0 Å². The Bertz CT molecular complexity index is 924. The molecular formula is C17H14N2O3S. The van der Waals surface area contributed by atoms with Crippen molar-refractivity contribution in [3.63, 3.8) is 0 Å². The second kappa shape index (κ2) is 4.76. The summed E-state index contributed by atoms with van der Waals surface area (Å²) in [5.74, 6) is -0.346. The van der Waals surface area contributed by atoms with E-state index in [1.54, 1.807) is 30.4 Å². The number of carboxylic acid groups (broad SMARTS) is 1. The Balaban J connectivity index is 1.79. The molecule has 0 spiro atoms. The van der Waals surface area contributed by atoms with Crippen LogP contribution in [0.2, 0.25) is 0 Å². The Morgan fingerprint density at radius 3 is 3.04 bits per heavy atom. The summed E-state index contributed by atoms with van der Waals surface area (Å²) in [6.07, 6.45) is 7.55. The molecule has 0 radical (unpaired) electrons. The smallest absolute Gasteiger partial charge is 0.315 e. The van der Waals surface area contributed by atoms with Gasteiger partial charge >= 0.3 is 5.97 Å². The third-order valence-corrected chi connectivity index (χ3v) is 5.40. The van der Waals surface area contributed by atoms with Crippen LogP contribution in [0.25, 0.3) is 18.2 Å². The normalized spacial score (nSPS) is 24.5. The van der Waals surface area contributed by atoms with Crippen molar-refractivity contribution < 1.29 is 9.90 Å². The fourth-order valence-electron chi connectivity index (χ4n) is 3.07. The number of thiophene rings is 1. The van der Waals surface area contributed by atoms with Crippen molar-refractivity contribution in [2.24, 2.45) is 5.41 Å². The molecule has 1 aliphatic carbocycles. The summed E-state index contributed by atoms with van der Waals surface area (Å²) in [6.45, 7) is 1.74. The summed E-state index contributed by atoms with van der Waals surface area (Å²) < 4.78 is 1.53. The summed E-state index contributed by atoms with van der Waals surface area (Å²) in [6, 6.07) is 3.65. The summed E-state index contributed by atoms with van der Waals surface area (Å²) in [5.41, 5.74) is 0.100. The summed E-state index contributed by atoms with van der Waals surface area (Å²) in [7, 11) is 0. The van der Waals surface area contributed by atoms with Crippen molar-refractivity contribution >= 4 is 35.5 Å². The van der Waals surface area contributed by atoms with Gasteiger partial charge in [-0.1, -0.05) is 12.1 Å². The highest BCUT2D eigenvalue weighted by Crippen LogP contribution is 2.59. The number of fused-ring (bicyclic) bond motifs is 3. The number of carboxylic acids is 1. The predicted molar refractivity (Wildman–Crippen MR) is 89.2 cm³/mol. The van der Waals surface area contributed by atoms with E-state index in [4.69, 9.17) is 0 Å². The van der Waals surface area contributed by atoms with E-state index in [0.29, 0.717) is 23.5 Å². The molecule has 6 heteroatoms. The SMILES string of the molecule is Cc1c(/C=C/c2cccs2)nc2n(c1=O)C1CC1(C(=O)O)C=C2. The van der Waals surface area contributed by atoms with Crippen LogP contribution in [0.3, 0.4) is 0 Å². The average Bonchev–Trinajstić information content (AvgIpc) is 3.07. The van der Waals surface area contributed by atoms with E-state index in [0.717, 1.165) is 4.88 Å². The zero-order valence-electron chi connectivity index (χ0n) is 12.4. The van der Waals surface area contributed by atoms with Gasteiger partial charge in [-0.3, -0.25) is 14.2 Å². The summed E-state index contributed by atoms with van der Waals surface area (Å²) >= 11 is 1.61. The molecule has 0 amide bonds. The van der Waals surface area contributed by atoms with Gasteiger partial charge in [0.25, 0.3) is 5.56 Å². The van der Waals surface area contributed by atoms with Gasteiger partial charge in [0.1, 0.15) is 11.2 Å². The molecule has 2 unspecified atom stereocenters. The maximum atomic E-state index is 12.7. The van der Waals surface area contributed by atoms with E-state index >= 15 is 0 Å². The Hall–Kier alpha value is -2.47. The van der Waals surface area contributed by atoms with Crippen molar-refractivity contribution in [1.29, 1.82) is 0 Å². The lowest BCUT2D eigenvalue weighted by atomic mass is 10.0. The molecule has 23 heavy (non-hydrogen) atoms. The zero-order valence-corrected chi connectivity index (χ0v) is 13.2. The lowest BCUT2D eigenvalue weighted by molar-refractivity contribution is -0.141. The predicted octanol–water partition coefficient (Wildman–Crippen LogP) is 2.83. The number of carbonyl (C=O) groups is 1. The van der Waals surface area contributed by atoms with Gasteiger partial charge in [-0.2, -0.15) is 0 Å². The van der Waals surface area contributed by atoms with Gasteiger partial charge in [0, 0.05) is 10.4 Å². The molecule has 2 aliphatic rings.